The molecule has 0 radical (unpaired) electrons. The minimum absolute atomic E-state index is 0.0289. The van der Waals surface area contributed by atoms with Crippen LogP contribution in [0.4, 0.5) is 5.69 Å². The fraction of sp³-hybridized carbons (Fsp3) is 0.200. The SMILES string of the molecule is CC(Br)c1ccccc1NS(=O)(=O)Cc1ccccc1. The zero-order valence-electron chi connectivity index (χ0n) is 11.1. The summed E-state index contributed by atoms with van der Waals surface area (Å²) in [5.74, 6) is -0.0289. The minimum Gasteiger partial charge on any atom is -0.283 e. The van der Waals surface area contributed by atoms with E-state index in [4.69, 9.17) is 0 Å². The van der Waals surface area contributed by atoms with Gasteiger partial charge in [0, 0.05) is 4.83 Å². The molecule has 0 amide bonds. The van der Waals surface area contributed by atoms with Crippen molar-refractivity contribution < 1.29 is 8.42 Å². The molecular formula is C15H16BrNO2S. The second kappa shape index (κ2) is 6.41. The van der Waals surface area contributed by atoms with Crippen LogP contribution >= 0.6 is 15.9 Å². The van der Waals surface area contributed by atoms with Gasteiger partial charge in [-0.2, -0.15) is 0 Å². The molecule has 20 heavy (non-hydrogen) atoms. The van der Waals surface area contributed by atoms with Gasteiger partial charge in [-0.3, -0.25) is 4.72 Å². The van der Waals surface area contributed by atoms with Crippen LogP contribution in [0.2, 0.25) is 0 Å². The molecule has 5 heteroatoms. The topological polar surface area (TPSA) is 46.2 Å². The maximum atomic E-state index is 12.2. The lowest BCUT2D eigenvalue weighted by Gasteiger charge is -2.14. The van der Waals surface area contributed by atoms with Crippen LogP contribution in [0.5, 0.6) is 0 Å². The van der Waals surface area contributed by atoms with Crippen LogP contribution in [-0.2, 0) is 15.8 Å². The highest BCUT2D eigenvalue weighted by Crippen LogP contribution is 2.29. The molecule has 0 aliphatic rings. The average Bonchev–Trinajstić information content (AvgIpc) is 2.39. The largest absolute Gasteiger partial charge is 0.283 e. The Balaban J connectivity index is 2.21. The van der Waals surface area contributed by atoms with Gasteiger partial charge in [-0.15, -0.1) is 0 Å². The standard InChI is InChI=1S/C15H16BrNO2S/c1-12(16)14-9-5-6-10-15(14)17-20(18,19)11-13-7-3-2-4-8-13/h2-10,12,17H,11H2,1H3. The molecule has 0 aliphatic heterocycles. The highest BCUT2D eigenvalue weighted by Gasteiger charge is 2.15. The van der Waals surface area contributed by atoms with E-state index in [0.717, 1.165) is 11.1 Å². The fourth-order valence-corrected chi connectivity index (χ4v) is 3.56. The first-order valence-electron chi connectivity index (χ1n) is 6.25. The molecule has 0 bridgehead atoms. The van der Waals surface area contributed by atoms with E-state index >= 15 is 0 Å². The Bertz CT molecular complexity index is 669. The maximum Gasteiger partial charge on any atom is 0.236 e. The van der Waals surface area contributed by atoms with Gasteiger partial charge in [0.1, 0.15) is 0 Å². The van der Waals surface area contributed by atoms with E-state index in [2.05, 4.69) is 20.7 Å². The van der Waals surface area contributed by atoms with E-state index in [1.165, 1.54) is 0 Å². The van der Waals surface area contributed by atoms with Crippen LogP contribution in [0, 0.1) is 0 Å². The summed E-state index contributed by atoms with van der Waals surface area (Å²) in [6.45, 7) is 1.96. The summed E-state index contributed by atoms with van der Waals surface area (Å²) in [4.78, 5) is 0.0816. The first kappa shape index (κ1) is 15.1. The van der Waals surface area contributed by atoms with Gasteiger partial charge in [0.25, 0.3) is 0 Å². The Morgan fingerprint density at radius 1 is 1.05 bits per heavy atom. The molecular weight excluding hydrogens is 338 g/mol. The molecule has 1 N–H and O–H groups in total. The number of halogens is 1. The number of hydrogen-bond donors (Lipinski definition) is 1. The lowest BCUT2D eigenvalue weighted by atomic mass is 10.1. The average molecular weight is 354 g/mol. The minimum atomic E-state index is -3.41. The number of hydrogen-bond acceptors (Lipinski definition) is 2. The predicted octanol–water partition coefficient (Wildman–Crippen LogP) is 4.08. The zero-order valence-corrected chi connectivity index (χ0v) is 13.5. The molecule has 0 spiro atoms. The summed E-state index contributed by atoms with van der Waals surface area (Å²) in [6.07, 6.45) is 0. The number of benzene rings is 2. The second-order valence-electron chi connectivity index (χ2n) is 4.55. The van der Waals surface area contributed by atoms with Crippen molar-refractivity contribution in [3.63, 3.8) is 0 Å². The van der Waals surface area contributed by atoms with E-state index in [1.807, 2.05) is 43.3 Å². The van der Waals surface area contributed by atoms with Gasteiger partial charge >= 0.3 is 0 Å². The van der Waals surface area contributed by atoms with Gasteiger partial charge in [-0.1, -0.05) is 64.5 Å². The Hall–Kier alpha value is -1.33. The Morgan fingerprint density at radius 2 is 1.65 bits per heavy atom. The summed E-state index contributed by atoms with van der Waals surface area (Å²) in [6, 6.07) is 16.5. The van der Waals surface area contributed by atoms with Crippen molar-refractivity contribution in [1.82, 2.24) is 0 Å². The normalized spacial score (nSPS) is 12.9. The number of rotatable bonds is 5. The number of nitrogens with one attached hydrogen (secondary N) is 1. The molecule has 0 aliphatic carbocycles. The number of sulfonamides is 1. The van der Waals surface area contributed by atoms with Crippen LogP contribution in [0.15, 0.2) is 54.6 Å². The Labute approximate surface area is 128 Å². The second-order valence-corrected chi connectivity index (χ2v) is 7.65. The fourth-order valence-electron chi connectivity index (χ4n) is 1.93. The highest BCUT2D eigenvalue weighted by atomic mass is 79.9. The number of anilines is 1. The first-order valence-corrected chi connectivity index (χ1v) is 8.82. The van der Waals surface area contributed by atoms with Crippen LogP contribution in [0.25, 0.3) is 0 Å². The predicted molar refractivity (Wildman–Crippen MR) is 86.5 cm³/mol. The monoisotopic (exact) mass is 353 g/mol. The van der Waals surface area contributed by atoms with Crippen molar-refractivity contribution in [3.05, 3.63) is 65.7 Å². The summed E-state index contributed by atoms with van der Waals surface area (Å²) in [7, 11) is -3.41. The summed E-state index contributed by atoms with van der Waals surface area (Å²) >= 11 is 3.47. The first-order chi connectivity index (χ1) is 9.48. The third-order valence-corrected chi connectivity index (χ3v) is 4.59. The molecule has 0 saturated carbocycles. The number of alkyl halides is 1. The third-order valence-electron chi connectivity index (χ3n) is 2.85. The van der Waals surface area contributed by atoms with E-state index in [9.17, 15) is 8.42 Å². The molecule has 1 unspecified atom stereocenters. The molecule has 2 aromatic carbocycles. The molecule has 0 fully saturated rings. The quantitative estimate of drug-likeness (QED) is 0.823. The van der Waals surface area contributed by atoms with Gasteiger partial charge in [-0.25, -0.2) is 8.42 Å². The van der Waals surface area contributed by atoms with Crippen molar-refractivity contribution >= 4 is 31.6 Å². The molecule has 3 nitrogen and oxygen atoms in total. The molecule has 0 saturated heterocycles. The van der Waals surface area contributed by atoms with Crippen molar-refractivity contribution in [2.45, 2.75) is 17.5 Å². The van der Waals surface area contributed by atoms with E-state index in [-0.39, 0.29) is 10.6 Å². The smallest absolute Gasteiger partial charge is 0.236 e. The van der Waals surface area contributed by atoms with Crippen LogP contribution in [0.1, 0.15) is 22.9 Å². The maximum absolute atomic E-state index is 12.2. The highest BCUT2D eigenvalue weighted by molar-refractivity contribution is 9.09. The third kappa shape index (κ3) is 4.08. The van der Waals surface area contributed by atoms with Gasteiger partial charge in [0.15, 0.2) is 0 Å². The van der Waals surface area contributed by atoms with Gasteiger partial charge < -0.3 is 0 Å². The van der Waals surface area contributed by atoms with Gasteiger partial charge in [0.05, 0.1) is 11.4 Å². The lowest BCUT2D eigenvalue weighted by Crippen LogP contribution is -2.16. The molecule has 106 valence electrons. The summed E-state index contributed by atoms with van der Waals surface area (Å²) < 4.78 is 27.1. The van der Waals surface area contributed by atoms with Crippen molar-refractivity contribution in [3.8, 4) is 0 Å². The molecule has 1 atom stereocenters. The van der Waals surface area contributed by atoms with Crippen molar-refractivity contribution in [1.29, 1.82) is 0 Å². The number of para-hydroxylation sites is 1. The molecule has 0 heterocycles. The summed E-state index contributed by atoms with van der Waals surface area (Å²) in [5.41, 5.74) is 2.31. The van der Waals surface area contributed by atoms with E-state index in [1.54, 1.807) is 18.2 Å². The lowest BCUT2D eigenvalue weighted by molar-refractivity contribution is 0.600. The van der Waals surface area contributed by atoms with Crippen molar-refractivity contribution in [2.24, 2.45) is 0 Å². The van der Waals surface area contributed by atoms with Crippen LogP contribution in [-0.4, -0.2) is 8.42 Å². The van der Waals surface area contributed by atoms with E-state index in [0.29, 0.717) is 5.69 Å². The Morgan fingerprint density at radius 3 is 2.30 bits per heavy atom. The molecule has 2 rings (SSSR count). The molecule has 0 aromatic heterocycles. The van der Waals surface area contributed by atoms with Gasteiger partial charge in [-0.05, 0) is 24.1 Å². The van der Waals surface area contributed by atoms with Crippen molar-refractivity contribution in [2.75, 3.05) is 4.72 Å². The van der Waals surface area contributed by atoms with Crippen LogP contribution in [0.3, 0.4) is 0 Å². The summed E-state index contributed by atoms with van der Waals surface area (Å²) in [5, 5.41) is 0. The van der Waals surface area contributed by atoms with Crippen LogP contribution < -0.4 is 4.72 Å². The molecule has 2 aromatic rings. The Kier molecular flexibility index (Phi) is 4.83. The zero-order chi connectivity index (χ0) is 14.6. The van der Waals surface area contributed by atoms with E-state index < -0.39 is 10.0 Å². The van der Waals surface area contributed by atoms with Gasteiger partial charge in [0.2, 0.25) is 10.0 Å².